The Bertz CT molecular complexity index is 1230. The fourth-order valence-electron chi connectivity index (χ4n) is 5.32. The number of rotatable bonds is 4. The molecule has 1 amide bonds. The zero-order valence-corrected chi connectivity index (χ0v) is 20.8. The summed E-state index contributed by atoms with van der Waals surface area (Å²) in [5.74, 6) is -0.181. The predicted octanol–water partition coefficient (Wildman–Crippen LogP) is 4.62. The molecular formula is C26H28BrN5O2. The van der Waals surface area contributed by atoms with Gasteiger partial charge in [0.2, 0.25) is 0 Å². The van der Waals surface area contributed by atoms with Crippen LogP contribution in [-0.4, -0.2) is 52.7 Å². The Balaban J connectivity index is 1.28. The van der Waals surface area contributed by atoms with Crippen molar-refractivity contribution in [3.05, 3.63) is 58.5 Å². The summed E-state index contributed by atoms with van der Waals surface area (Å²) in [5.41, 5.74) is 2.45. The number of anilines is 1. The Morgan fingerprint density at radius 3 is 2.68 bits per heavy atom. The maximum absolute atomic E-state index is 13.0. The third-order valence-electron chi connectivity index (χ3n) is 7.29. The number of hydrogen-bond acceptors (Lipinski definition) is 5. The van der Waals surface area contributed by atoms with Crippen LogP contribution in [0.2, 0.25) is 0 Å². The van der Waals surface area contributed by atoms with Gasteiger partial charge < -0.3 is 14.6 Å². The van der Waals surface area contributed by atoms with E-state index in [-0.39, 0.29) is 5.91 Å². The summed E-state index contributed by atoms with van der Waals surface area (Å²) in [6.45, 7) is 3.55. The topological polar surface area (TPSA) is 83.2 Å². The molecule has 3 heterocycles. The number of carbonyl (C=O) groups is 1. The number of fused-ring (bicyclic) bond motifs is 1. The van der Waals surface area contributed by atoms with Gasteiger partial charge in [0, 0.05) is 47.8 Å². The molecule has 2 aliphatic rings. The van der Waals surface area contributed by atoms with Crippen LogP contribution in [-0.2, 0) is 17.2 Å². The predicted molar refractivity (Wildman–Crippen MR) is 135 cm³/mol. The number of halogens is 1. The number of aromatic nitrogens is 2. The molecule has 1 N–H and O–H groups in total. The zero-order valence-electron chi connectivity index (χ0n) is 19.3. The van der Waals surface area contributed by atoms with Gasteiger partial charge in [-0.25, -0.2) is 0 Å². The van der Waals surface area contributed by atoms with E-state index in [1.165, 1.54) is 0 Å². The number of nitrogens with one attached hydrogen (secondary N) is 1. The molecule has 0 atom stereocenters. The van der Waals surface area contributed by atoms with Crippen LogP contribution in [0.5, 0.6) is 0 Å². The molecule has 2 fully saturated rings. The highest BCUT2D eigenvalue weighted by Gasteiger charge is 2.40. The molecule has 1 aliphatic carbocycles. The molecule has 176 valence electrons. The van der Waals surface area contributed by atoms with E-state index in [9.17, 15) is 10.1 Å². The van der Waals surface area contributed by atoms with Gasteiger partial charge in [-0.1, -0.05) is 15.9 Å². The van der Waals surface area contributed by atoms with Crippen molar-refractivity contribution in [2.24, 2.45) is 7.05 Å². The summed E-state index contributed by atoms with van der Waals surface area (Å²) in [4.78, 5) is 20.1. The molecule has 8 heteroatoms. The maximum Gasteiger partial charge on any atom is 0.257 e. The largest absolute Gasteiger partial charge is 0.379 e. The summed E-state index contributed by atoms with van der Waals surface area (Å²) in [7, 11) is 1.93. The van der Waals surface area contributed by atoms with Crippen LogP contribution in [0.1, 0.15) is 41.7 Å². The number of pyridine rings is 1. The molecule has 2 aromatic heterocycles. The van der Waals surface area contributed by atoms with E-state index in [0.29, 0.717) is 17.3 Å². The van der Waals surface area contributed by atoms with Gasteiger partial charge in [0.15, 0.2) is 0 Å². The molecule has 1 saturated heterocycles. The molecule has 1 saturated carbocycles. The first kappa shape index (κ1) is 23.0. The van der Waals surface area contributed by atoms with E-state index in [1.54, 1.807) is 6.20 Å². The lowest BCUT2D eigenvalue weighted by Crippen LogP contribution is -2.47. The molecule has 0 spiro atoms. The molecule has 0 radical (unpaired) electrons. The van der Waals surface area contributed by atoms with E-state index < -0.39 is 5.41 Å². The Morgan fingerprint density at radius 2 is 2.00 bits per heavy atom. The highest BCUT2D eigenvalue weighted by Crippen LogP contribution is 2.40. The summed E-state index contributed by atoms with van der Waals surface area (Å²) in [5, 5.41) is 13.9. The lowest BCUT2D eigenvalue weighted by molar-refractivity contribution is 0.00493. The van der Waals surface area contributed by atoms with Gasteiger partial charge in [-0.15, -0.1) is 0 Å². The minimum Gasteiger partial charge on any atom is -0.379 e. The Hall–Kier alpha value is -2.73. The van der Waals surface area contributed by atoms with Crippen molar-refractivity contribution >= 4 is 38.4 Å². The fraction of sp³-hybridized carbons (Fsp3) is 0.423. The van der Waals surface area contributed by atoms with E-state index in [2.05, 4.69) is 37.2 Å². The first-order chi connectivity index (χ1) is 16.5. The molecule has 34 heavy (non-hydrogen) atoms. The van der Waals surface area contributed by atoms with Gasteiger partial charge in [0.05, 0.1) is 47.8 Å². The SMILES string of the molecule is Cn1cc(C(=O)Nc2ccc([C@]3(C#N)CC[C@@H](N4CCOCC4)CC3)nc2)c2cc(Br)ccc21. The maximum atomic E-state index is 13.0. The minimum absolute atomic E-state index is 0.181. The van der Waals surface area contributed by atoms with Crippen LogP contribution in [0.4, 0.5) is 5.69 Å². The molecular weight excluding hydrogens is 494 g/mol. The van der Waals surface area contributed by atoms with E-state index in [0.717, 1.165) is 73.1 Å². The molecule has 1 aromatic carbocycles. The third-order valence-corrected chi connectivity index (χ3v) is 7.79. The molecule has 5 rings (SSSR count). The quantitative estimate of drug-likeness (QED) is 0.541. The lowest BCUT2D eigenvalue weighted by Gasteiger charge is -2.41. The van der Waals surface area contributed by atoms with Gasteiger partial charge in [0.1, 0.15) is 0 Å². The Morgan fingerprint density at radius 1 is 1.24 bits per heavy atom. The van der Waals surface area contributed by atoms with Crippen LogP contribution >= 0.6 is 15.9 Å². The monoisotopic (exact) mass is 521 g/mol. The van der Waals surface area contributed by atoms with Crippen molar-refractivity contribution in [1.29, 1.82) is 5.26 Å². The van der Waals surface area contributed by atoms with Gasteiger partial charge in [-0.05, 0) is 56.0 Å². The number of carbonyl (C=O) groups excluding carboxylic acids is 1. The van der Waals surface area contributed by atoms with Crippen molar-refractivity contribution in [2.75, 3.05) is 31.6 Å². The summed E-state index contributed by atoms with van der Waals surface area (Å²) >= 11 is 3.49. The molecule has 0 bridgehead atoms. The highest BCUT2D eigenvalue weighted by molar-refractivity contribution is 9.10. The van der Waals surface area contributed by atoms with Crippen LogP contribution < -0.4 is 5.32 Å². The van der Waals surface area contributed by atoms with Gasteiger partial charge in [-0.3, -0.25) is 14.7 Å². The van der Waals surface area contributed by atoms with Crippen molar-refractivity contribution < 1.29 is 9.53 Å². The van der Waals surface area contributed by atoms with Crippen LogP contribution in [0.3, 0.4) is 0 Å². The number of nitrogens with zero attached hydrogens (tertiary/aromatic N) is 4. The molecule has 7 nitrogen and oxygen atoms in total. The molecule has 1 aliphatic heterocycles. The fourth-order valence-corrected chi connectivity index (χ4v) is 5.68. The number of benzene rings is 1. The standard InChI is InChI=1S/C26H28BrN5O2/c1-31-16-22(21-14-18(27)2-4-23(21)31)25(33)30-19-3-5-24(29-15-19)26(17-28)8-6-20(7-9-26)32-10-12-34-13-11-32/h2-5,14-16,20H,6-13H2,1H3,(H,30,33)/t20-,26-. The van der Waals surface area contributed by atoms with Crippen LogP contribution in [0, 0.1) is 11.3 Å². The first-order valence-corrected chi connectivity index (χ1v) is 12.5. The van der Waals surface area contributed by atoms with Crippen molar-refractivity contribution in [1.82, 2.24) is 14.5 Å². The summed E-state index contributed by atoms with van der Waals surface area (Å²) < 4.78 is 8.35. The smallest absolute Gasteiger partial charge is 0.257 e. The zero-order chi connectivity index (χ0) is 23.7. The van der Waals surface area contributed by atoms with Gasteiger partial charge in [-0.2, -0.15) is 5.26 Å². The second kappa shape index (κ2) is 9.49. The number of amides is 1. The number of aryl methyl sites for hydroxylation is 1. The van der Waals surface area contributed by atoms with Gasteiger partial charge >= 0.3 is 0 Å². The average molecular weight is 522 g/mol. The van der Waals surface area contributed by atoms with Crippen molar-refractivity contribution in [2.45, 2.75) is 37.1 Å². The summed E-state index contributed by atoms with van der Waals surface area (Å²) in [6.07, 6.45) is 7.09. The second-order valence-electron chi connectivity index (χ2n) is 9.27. The van der Waals surface area contributed by atoms with E-state index in [4.69, 9.17) is 4.74 Å². The van der Waals surface area contributed by atoms with Crippen LogP contribution in [0.25, 0.3) is 10.9 Å². The number of hydrogen-bond donors (Lipinski definition) is 1. The van der Waals surface area contributed by atoms with Crippen molar-refractivity contribution in [3.8, 4) is 6.07 Å². The second-order valence-corrected chi connectivity index (χ2v) is 10.2. The van der Waals surface area contributed by atoms with E-state index >= 15 is 0 Å². The Labute approximate surface area is 207 Å². The third kappa shape index (κ3) is 4.36. The lowest BCUT2D eigenvalue weighted by atomic mass is 9.71. The Kier molecular flexibility index (Phi) is 6.43. The average Bonchev–Trinajstić information content (AvgIpc) is 3.20. The van der Waals surface area contributed by atoms with Gasteiger partial charge in [0.25, 0.3) is 5.91 Å². The first-order valence-electron chi connectivity index (χ1n) is 11.7. The number of ether oxygens (including phenoxy) is 1. The van der Waals surface area contributed by atoms with E-state index in [1.807, 2.05) is 48.1 Å². The number of nitriles is 1. The molecule has 3 aromatic rings. The number of morpholine rings is 1. The molecule has 0 unspecified atom stereocenters. The summed E-state index contributed by atoms with van der Waals surface area (Å²) in [6, 6.07) is 12.7. The normalized spacial score (nSPS) is 23.5. The van der Waals surface area contributed by atoms with Crippen LogP contribution in [0.15, 0.2) is 47.2 Å². The van der Waals surface area contributed by atoms with Crippen molar-refractivity contribution in [3.63, 3.8) is 0 Å². The minimum atomic E-state index is -0.562. The highest BCUT2D eigenvalue weighted by atomic mass is 79.9.